The summed E-state index contributed by atoms with van der Waals surface area (Å²) in [6.07, 6.45) is -1.40. The normalized spacial score (nSPS) is 17.6. The number of carbonyl (C=O) groups excluding carboxylic acids is 5. The third-order valence-electron chi connectivity index (χ3n) is 7.79. The highest BCUT2D eigenvalue weighted by Gasteiger charge is 2.58. The van der Waals surface area contributed by atoms with Gasteiger partial charge in [0.1, 0.15) is 31.0 Å². The fourth-order valence-electron chi connectivity index (χ4n) is 4.65. The van der Waals surface area contributed by atoms with Gasteiger partial charge in [-0.1, -0.05) is 30.3 Å². The monoisotopic (exact) mass is 699 g/mol. The van der Waals surface area contributed by atoms with Crippen LogP contribution >= 0.6 is 7.60 Å². The lowest BCUT2D eigenvalue weighted by Crippen LogP contribution is -2.57. The summed E-state index contributed by atoms with van der Waals surface area (Å²) in [5.41, 5.74) is -2.29. The van der Waals surface area contributed by atoms with E-state index in [9.17, 15) is 38.3 Å². The number of benzene rings is 1. The molecule has 1 aromatic rings. The van der Waals surface area contributed by atoms with Crippen LogP contribution in [-0.2, 0) is 54.0 Å². The molecule has 15 heteroatoms. The lowest BCUT2D eigenvalue weighted by atomic mass is 9.80. The highest BCUT2D eigenvalue weighted by molar-refractivity contribution is 7.53. The maximum absolute atomic E-state index is 13.5. The van der Waals surface area contributed by atoms with Gasteiger partial charge >= 0.3 is 37.6 Å². The number of amides is 1. The molecule has 2 rings (SSSR count). The molecule has 1 aromatic carbocycles. The van der Waals surface area contributed by atoms with Crippen molar-refractivity contribution in [2.45, 2.75) is 93.0 Å². The van der Waals surface area contributed by atoms with Gasteiger partial charge in [0, 0.05) is 6.54 Å². The number of esters is 4. The van der Waals surface area contributed by atoms with E-state index in [1.165, 1.54) is 0 Å². The molecule has 0 radical (unpaired) electrons. The summed E-state index contributed by atoms with van der Waals surface area (Å²) >= 11 is 0. The van der Waals surface area contributed by atoms with Gasteiger partial charge in [0.05, 0.1) is 16.2 Å². The second kappa shape index (κ2) is 15.8. The molecule has 14 nitrogen and oxygen atoms in total. The van der Waals surface area contributed by atoms with Crippen LogP contribution in [0.1, 0.15) is 80.7 Å². The van der Waals surface area contributed by atoms with Crippen molar-refractivity contribution in [2.24, 2.45) is 22.2 Å². The molecule has 1 aliphatic rings. The molecule has 0 unspecified atom stereocenters. The van der Waals surface area contributed by atoms with E-state index in [0.29, 0.717) is 5.56 Å². The Morgan fingerprint density at radius 3 is 1.69 bits per heavy atom. The van der Waals surface area contributed by atoms with Gasteiger partial charge in [-0.05, 0) is 86.6 Å². The summed E-state index contributed by atoms with van der Waals surface area (Å²) in [5, 5.41) is -2.30. The van der Waals surface area contributed by atoms with Crippen LogP contribution in [0.25, 0.3) is 0 Å². The Balaban J connectivity index is 2.49. The summed E-state index contributed by atoms with van der Waals surface area (Å²) in [4.78, 5) is 87.4. The largest absolute Gasteiger partial charge is 0.464 e. The summed E-state index contributed by atoms with van der Waals surface area (Å²) < 4.78 is 40.0. The zero-order chi connectivity index (χ0) is 36.7. The van der Waals surface area contributed by atoms with Crippen molar-refractivity contribution in [1.29, 1.82) is 0 Å². The van der Waals surface area contributed by atoms with Crippen LogP contribution in [0.5, 0.6) is 0 Å². The Hall–Kier alpha value is -3.48. The Morgan fingerprint density at radius 2 is 1.23 bits per heavy atom. The Labute approximate surface area is 281 Å². The van der Waals surface area contributed by atoms with Gasteiger partial charge in [-0.2, -0.15) is 0 Å². The second-order valence-electron chi connectivity index (χ2n) is 15.0. The molecule has 1 amide bonds. The molecule has 48 heavy (non-hydrogen) atoms. The highest BCUT2D eigenvalue weighted by atomic mass is 31.2. The number of rotatable bonds is 11. The maximum Gasteiger partial charge on any atom is 0.410 e. The van der Waals surface area contributed by atoms with Crippen LogP contribution in [0.3, 0.4) is 0 Å². The quantitative estimate of drug-likeness (QED) is 0.141. The fourth-order valence-corrected chi connectivity index (χ4v) is 5.82. The lowest BCUT2D eigenvalue weighted by Gasteiger charge is -2.46. The van der Waals surface area contributed by atoms with E-state index in [1.54, 1.807) is 92.6 Å². The first kappa shape index (κ1) is 40.7. The minimum Gasteiger partial charge on any atom is -0.464 e. The van der Waals surface area contributed by atoms with Crippen molar-refractivity contribution in [3.63, 3.8) is 0 Å². The van der Waals surface area contributed by atoms with E-state index < -0.39 is 97.4 Å². The van der Waals surface area contributed by atoms with Crippen molar-refractivity contribution < 1.29 is 62.0 Å². The van der Waals surface area contributed by atoms with Crippen LogP contribution in [0, 0.1) is 22.2 Å². The van der Waals surface area contributed by atoms with Crippen molar-refractivity contribution in [1.82, 2.24) is 4.90 Å². The molecule has 1 saturated heterocycles. The first-order valence-corrected chi connectivity index (χ1v) is 17.2. The van der Waals surface area contributed by atoms with Crippen LogP contribution < -0.4 is 0 Å². The number of carbonyl (C=O) groups is 5. The van der Waals surface area contributed by atoms with E-state index in [0.717, 1.165) is 4.90 Å². The Kier molecular flexibility index (Phi) is 13.4. The fraction of sp³-hybridized carbons (Fsp3) is 0.667. The lowest BCUT2D eigenvalue weighted by molar-refractivity contribution is -0.177. The van der Waals surface area contributed by atoms with Gasteiger partial charge in [-0.15, -0.1) is 0 Å². The molecule has 0 aromatic heterocycles. The molecular weight excluding hydrogens is 649 g/mol. The molecule has 2 N–H and O–H groups in total. The van der Waals surface area contributed by atoms with Crippen molar-refractivity contribution in [3.05, 3.63) is 35.9 Å². The van der Waals surface area contributed by atoms with Gasteiger partial charge in [0.15, 0.2) is 0 Å². The standard InChI is InChI=1S/C33H50NO13P/c1-30(2,3)26(36)44-19-33(48(40,41)42,20-45-27(37)31(4,5)6)23-15-16-34(29(39)43-18-22-13-11-10-12-14-22)24(17-23)25(35)46-21-47-28(38)32(7,8)9/h10-14,23-24H,15-21H2,1-9H3,(H2,40,41,42)/t23-,24+/m1/s1. The molecule has 0 saturated carbocycles. The van der Waals surface area contributed by atoms with Crippen LogP contribution in [-0.4, -0.2) is 82.4 Å². The predicted molar refractivity (Wildman–Crippen MR) is 172 cm³/mol. The van der Waals surface area contributed by atoms with Crippen LogP contribution in [0.4, 0.5) is 4.79 Å². The second-order valence-corrected chi connectivity index (χ2v) is 17.0. The topological polar surface area (TPSA) is 192 Å². The average Bonchev–Trinajstić information content (AvgIpc) is 2.97. The average molecular weight is 700 g/mol. The van der Waals surface area contributed by atoms with E-state index >= 15 is 0 Å². The van der Waals surface area contributed by atoms with Gasteiger partial charge in [-0.3, -0.25) is 23.8 Å². The molecule has 1 fully saturated rings. The van der Waals surface area contributed by atoms with Gasteiger partial charge in [-0.25, -0.2) is 9.59 Å². The van der Waals surface area contributed by atoms with Crippen molar-refractivity contribution in [2.75, 3.05) is 26.6 Å². The predicted octanol–water partition coefficient (Wildman–Crippen LogP) is 4.59. The first-order valence-electron chi connectivity index (χ1n) is 15.6. The third kappa shape index (κ3) is 11.0. The first-order chi connectivity index (χ1) is 21.9. The molecule has 1 aliphatic heterocycles. The molecule has 2 atom stereocenters. The van der Waals surface area contributed by atoms with E-state index in [2.05, 4.69) is 0 Å². The SMILES string of the molecule is CC(C)(C)C(=O)OCOC(=O)[C@@H]1C[C@H](C(COC(=O)C(C)(C)C)(COC(=O)C(C)(C)C)P(=O)(O)O)CCN1C(=O)OCc1ccccc1. The molecule has 0 spiro atoms. The number of nitrogens with zero attached hydrogens (tertiary/aromatic N) is 1. The summed E-state index contributed by atoms with van der Waals surface area (Å²) in [7, 11) is -5.31. The van der Waals surface area contributed by atoms with E-state index in [-0.39, 0.29) is 19.6 Å². The highest BCUT2D eigenvalue weighted by Crippen LogP contribution is 2.58. The van der Waals surface area contributed by atoms with Crippen molar-refractivity contribution >= 4 is 37.6 Å². The zero-order valence-corrected chi connectivity index (χ0v) is 30.2. The number of piperidine rings is 1. The summed E-state index contributed by atoms with van der Waals surface area (Å²) in [5.74, 6) is -4.36. The van der Waals surface area contributed by atoms with Gasteiger partial charge in [0.2, 0.25) is 6.79 Å². The van der Waals surface area contributed by atoms with E-state index in [4.69, 9.17) is 23.7 Å². The Bertz CT molecular complexity index is 1320. The third-order valence-corrected chi connectivity index (χ3v) is 9.57. The van der Waals surface area contributed by atoms with Crippen LogP contribution in [0.2, 0.25) is 0 Å². The molecular formula is C33H50NO13P. The van der Waals surface area contributed by atoms with Crippen LogP contribution in [0.15, 0.2) is 30.3 Å². The Morgan fingerprint density at radius 1 is 0.750 bits per heavy atom. The van der Waals surface area contributed by atoms with Gasteiger partial charge < -0.3 is 33.5 Å². The smallest absolute Gasteiger partial charge is 0.410 e. The van der Waals surface area contributed by atoms with Crippen molar-refractivity contribution in [3.8, 4) is 0 Å². The minimum absolute atomic E-state index is 0.103. The summed E-state index contributed by atoms with van der Waals surface area (Å²) in [6, 6.07) is 7.31. The molecule has 1 heterocycles. The molecule has 0 aliphatic carbocycles. The molecule has 0 bridgehead atoms. The maximum atomic E-state index is 13.5. The zero-order valence-electron chi connectivity index (χ0n) is 29.3. The number of hydrogen-bond donors (Lipinski definition) is 2. The van der Waals surface area contributed by atoms with E-state index in [1.807, 2.05) is 0 Å². The summed E-state index contributed by atoms with van der Waals surface area (Å²) in [6.45, 7) is 11.4. The number of hydrogen-bond acceptors (Lipinski definition) is 11. The number of likely N-dealkylation sites (tertiary alicyclic amines) is 1. The van der Waals surface area contributed by atoms with Gasteiger partial charge in [0.25, 0.3) is 0 Å². The minimum atomic E-state index is -5.31. The molecule has 270 valence electrons. The number of ether oxygens (including phenoxy) is 5.